The van der Waals surface area contributed by atoms with Gasteiger partial charge in [-0.2, -0.15) is 0 Å². The van der Waals surface area contributed by atoms with Crippen LogP contribution in [0.25, 0.3) is 0 Å². The average molecular weight is 482 g/mol. The van der Waals surface area contributed by atoms with Crippen molar-refractivity contribution in [3.8, 4) is 28.7 Å². The summed E-state index contributed by atoms with van der Waals surface area (Å²) in [5.74, 6) is 1.73. The lowest BCUT2D eigenvalue weighted by molar-refractivity contribution is -0.139. The van der Waals surface area contributed by atoms with Gasteiger partial charge in [-0.15, -0.1) is 0 Å². The van der Waals surface area contributed by atoms with E-state index in [1.807, 2.05) is 32.0 Å². The Bertz CT molecular complexity index is 1250. The smallest absolute Gasteiger partial charge is 0.341 e. The lowest BCUT2D eigenvalue weighted by Crippen LogP contribution is -2.47. The van der Waals surface area contributed by atoms with E-state index in [1.165, 1.54) is 0 Å². The quantitative estimate of drug-likeness (QED) is 0.599. The molecule has 0 saturated carbocycles. The van der Waals surface area contributed by atoms with Crippen molar-refractivity contribution in [2.45, 2.75) is 37.9 Å². The first-order chi connectivity index (χ1) is 16.8. The summed E-state index contributed by atoms with van der Waals surface area (Å²) < 4.78 is 28.9. The van der Waals surface area contributed by atoms with Gasteiger partial charge in [0.1, 0.15) is 35.7 Å². The van der Waals surface area contributed by atoms with Crippen LogP contribution in [0.5, 0.6) is 28.7 Å². The first kappa shape index (κ1) is 22.9. The van der Waals surface area contributed by atoms with E-state index >= 15 is 0 Å². The Morgan fingerprint density at radius 2 is 1.97 bits per heavy atom. The molecule has 9 nitrogen and oxygen atoms in total. The van der Waals surface area contributed by atoms with Crippen LogP contribution in [0, 0.1) is 0 Å². The molecule has 184 valence electrons. The minimum absolute atomic E-state index is 0.210. The number of ether oxygens (including phenoxy) is 5. The van der Waals surface area contributed by atoms with Crippen LogP contribution in [0.2, 0.25) is 0 Å². The highest BCUT2D eigenvalue weighted by Gasteiger charge is 2.53. The number of rotatable bonds is 7. The molecule has 35 heavy (non-hydrogen) atoms. The van der Waals surface area contributed by atoms with Gasteiger partial charge < -0.3 is 33.6 Å². The molecular weight excluding hydrogens is 454 g/mol. The zero-order valence-electron chi connectivity index (χ0n) is 20.0. The van der Waals surface area contributed by atoms with Crippen molar-refractivity contribution in [2.24, 2.45) is 5.16 Å². The lowest BCUT2D eigenvalue weighted by Gasteiger charge is -2.37. The highest BCUT2D eigenvalue weighted by molar-refractivity contribution is 6.11. The minimum atomic E-state index is -1.08. The molecule has 3 atom stereocenters. The SMILES string of the molecule is C=C(C)[C@H]1Cc2c(ccc(C3=NOC4COc5cc(OC)c(OC)cc5C34C)c2OCC(=O)O)O1. The number of oxime groups is 1. The molecule has 1 N–H and O–H groups in total. The van der Waals surface area contributed by atoms with E-state index in [4.69, 9.17) is 28.5 Å². The standard InChI is InChI=1S/C26H27NO8/c1-13(2)18-8-15-17(34-18)7-6-14(24(15)33-12-23(28)29)25-26(3)16-9-20(30-4)21(31-5)10-19(16)32-11-22(26)35-27-25/h6-7,9-10,18,22H,1,8,11-12H2,2-5H3,(H,28,29)/t18-,22?,26?/m1/s1. The van der Waals surface area contributed by atoms with Crippen LogP contribution in [0.3, 0.4) is 0 Å². The summed E-state index contributed by atoms with van der Waals surface area (Å²) in [6.07, 6.45) is -0.0897. The fraction of sp³-hybridized carbons (Fsp3) is 0.385. The number of hydrogen-bond acceptors (Lipinski definition) is 8. The van der Waals surface area contributed by atoms with Gasteiger partial charge in [0.25, 0.3) is 0 Å². The molecule has 0 aromatic heterocycles. The average Bonchev–Trinajstić information content (AvgIpc) is 3.43. The molecule has 2 aromatic carbocycles. The molecule has 0 bridgehead atoms. The van der Waals surface area contributed by atoms with E-state index in [9.17, 15) is 9.90 Å². The van der Waals surface area contributed by atoms with Crippen molar-refractivity contribution in [1.29, 1.82) is 0 Å². The molecule has 0 fully saturated rings. The van der Waals surface area contributed by atoms with E-state index in [2.05, 4.69) is 11.7 Å². The lowest BCUT2D eigenvalue weighted by atomic mass is 9.70. The topological polar surface area (TPSA) is 105 Å². The van der Waals surface area contributed by atoms with E-state index < -0.39 is 24.1 Å². The number of hydrogen-bond donors (Lipinski definition) is 1. The molecule has 9 heteroatoms. The Hall–Kier alpha value is -3.88. The number of carboxylic acids is 1. The van der Waals surface area contributed by atoms with Gasteiger partial charge in [-0.3, -0.25) is 0 Å². The summed E-state index contributed by atoms with van der Waals surface area (Å²) in [5, 5.41) is 13.8. The van der Waals surface area contributed by atoms with Crippen LogP contribution >= 0.6 is 0 Å². The maximum atomic E-state index is 11.4. The molecule has 3 aliphatic heterocycles. The minimum Gasteiger partial charge on any atom is -0.493 e. The second-order valence-electron chi connectivity index (χ2n) is 9.01. The van der Waals surface area contributed by atoms with Gasteiger partial charge in [-0.1, -0.05) is 11.7 Å². The number of aliphatic carboxylic acids is 1. The van der Waals surface area contributed by atoms with E-state index in [0.29, 0.717) is 46.4 Å². The highest BCUT2D eigenvalue weighted by Crippen LogP contribution is 2.51. The van der Waals surface area contributed by atoms with E-state index in [1.54, 1.807) is 20.3 Å². The first-order valence-corrected chi connectivity index (χ1v) is 11.2. The highest BCUT2D eigenvalue weighted by atomic mass is 16.7. The fourth-order valence-electron chi connectivity index (χ4n) is 4.90. The summed E-state index contributed by atoms with van der Waals surface area (Å²) in [6.45, 7) is 7.71. The molecule has 3 heterocycles. The van der Waals surface area contributed by atoms with Gasteiger partial charge in [0.15, 0.2) is 24.2 Å². The van der Waals surface area contributed by atoms with Gasteiger partial charge in [0.2, 0.25) is 0 Å². The van der Waals surface area contributed by atoms with E-state index in [0.717, 1.165) is 16.7 Å². The molecule has 0 radical (unpaired) electrons. The maximum absolute atomic E-state index is 11.4. The van der Waals surface area contributed by atoms with Crippen molar-refractivity contribution in [3.05, 3.63) is 53.1 Å². The molecule has 3 aliphatic rings. The van der Waals surface area contributed by atoms with Crippen molar-refractivity contribution in [3.63, 3.8) is 0 Å². The fourth-order valence-corrected chi connectivity index (χ4v) is 4.90. The van der Waals surface area contributed by atoms with Gasteiger partial charge in [-0.25, -0.2) is 4.79 Å². The third kappa shape index (κ3) is 3.53. The summed E-state index contributed by atoms with van der Waals surface area (Å²) in [5.41, 5.74) is 3.01. The molecule has 0 spiro atoms. The normalized spacial score (nSPS) is 23.5. The maximum Gasteiger partial charge on any atom is 0.341 e. The van der Waals surface area contributed by atoms with Crippen molar-refractivity contribution >= 4 is 11.7 Å². The van der Waals surface area contributed by atoms with Crippen LogP contribution < -0.4 is 23.7 Å². The molecule has 0 aliphatic carbocycles. The summed E-state index contributed by atoms with van der Waals surface area (Å²) in [7, 11) is 3.14. The monoisotopic (exact) mass is 481 g/mol. The molecule has 5 rings (SSSR count). The largest absolute Gasteiger partial charge is 0.493 e. The summed E-state index contributed by atoms with van der Waals surface area (Å²) in [4.78, 5) is 17.2. The van der Waals surface area contributed by atoms with Gasteiger partial charge in [0.05, 0.1) is 19.6 Å². The number of fused-ring (bicyclic) bond motifs is 4. The van der Waals surface area contributed by atoms with Crippen LogP contribution in [0.15, 0.2) is 41.6 Å². The zero-order valence-corrected chi connectivity index (χ0v) is 20.0. The van der Waals surface area contributed by atoms with Gasteiger partial charge in [0, 0.05) is 29.2 Å². The Labute approximate surface area is 202 Å². The van der Waals surface area contributed by atoms with Crippen molar-refractivity contribution in [1.82, 2.24) is 0 Å². The van der Waals surface area contributed by atoms with Crippen molar-refractivity contribution < 1.29 is 38.4 Å². The third-order valence-electron chi connectivity index (χ3n) is 6.86. The number of carbonyl (C=O) groups is 1. The molecule has 2 aromatic rings. The van der Waals surface area contributed by atoms with Gasteiger partial charge in [-0.05, 0) is 37.6 Å². The van der Waals surface area contributed by atoms with E-state index in [-0.39, 0.29) is 12.7 Å². The molecule has 0 amide bonds. The summed E-state index contributed by atoms with van der Waals surface area (Å²) in [6, 6.07) is 7.36. The Morgan fingerprint density at radius 1 is 1.23 bits per heavy atom. The van der Waals surface area contributed by atoms with Crippen LogP contribution in [0.1, 0.15) is 30.5 Å². The van der Waals surface area contributed by atoms with Crippen molar-refractivity contribution in [2.75, 3.05) is 27.4 Å². The Morgan fingerprint density at radius 3 is 2.66 bits per heavy atom. The number of nitrogens with zero attached hydrogens (tertiary/aromatic N) is 1. The summed E-state index contributed by atoms with van der Waals surface area (Å²) >= 11 is 0. The number of methoxy groups -OCH3 is 2. The van der Waals surface area contributed by atoms with Crippen LogP contribution in [-0.2, 0) is 21.5 Å². The van der Waals surface area contributed by atoms with Crippen LogP contribution in [0.4, 0.5) is 0 Å². The molecule has 2 unspecified atom stereocenters. The second kappa shape index (κ2) is 8.41. The molecule has 0 saturated heterocycles. The first-order valence-electron chi connectivity index (χ1n) is 11.2. The Balaban J connectivity index is 1.65. The predicted octanol–water partition coefficient (Wildman–Crippen LogP) is 3.50. The number of benzene rings is 2. The Kier molecular flexibility index (Phi) is 5.50. The predicted molar refractivity (Wildman–Crippen MR) is 126 cm³/mol. The van der Waals surface area contributed by atoms with Gasteiger partial charge >= 0.3 is 5.97 Å². The zero-order chi connectivity index (χ0) is 24.9. The second-order valence-corrected chi connectivity index (χ2v) is 9.01. The van der Waals surface area contributed by atoms with Crippen LogP contribution in [-0.4, -0.2) is 56.4 Å². The third-order valence-corrected chi connectivity index (χ3v) is 6.86. The molecular formula is C26H27NO8. The number of carboxylic acid groups (broad SMARTS) is 1.